The van der Waals surface area contributed by atoms with Crippen LogP contribution in [0.25, 0.3) is 0 Å². The average molecular weight is 290 g/mol. The molecule has 110 valence electrons. The molecule has 3 N–H and O–H groups in total. The van der Waals surface area contributed by atoms with Crippen LogP contribution >= 0.6 is 0 Å². The van der Waals surface area contributed by atoms with Crippen LogP contribution in [0.15, 0.2) is 18.2 Å². The first-order valence-electron chi connectivity index (χ1n) is 6.13. The van der Waals surface area contributed by atoms with Crippen LogP contribution in [0, 0.1) is 11.2 Å². The molecule has 0 spiro atoms. The van der Waals surface area contributed by atoms with Crippen LogP contribution in [0.1, 0.15) is 28.8 Å². The summed E-state index contributed by atoms with van der Waals surface area (Å²) in [4.78, 5) is 11.8. The smallest absolute Gasteiger partial charge is 0.351 e. The first kappa shape index (κ1) is 14.8. The fourth-order valence-electron chi connectivity index (χ4n) is 1.92. The maximum absolute atomic E-state index is 13.7. The third-order valence-electron chi connectivity index (χ3n) is 3.56. The van der Waals surface area contributed by atoms with E-state index in [1.807, 2.05) is 0 Å². The van der Waals surface area contributed by atoms with E-state index in [9.17, 15) is 22.4 Å². The molecule has 1 aromatic carbocycles. The molecule has 1 amide bonds. The van der Waals surface area contributed by atoms with Crippen molar-refractivity contribution >= 4 is 5.91 Å². The summed E-state index contributed by atoms with van der Waals surface area (Å²) in [6.07, 6.45) is -3.11. The molecule has 3 nitrogen and oxygen atoms in total. The number of carbonyl (C=O) groups is 1. The van der Waals surface area contributed by atoms with Gasteiger partial charge in [0.1, 0.15) is 5.82 Å². The molecule has 1 aliphatic rings. The average Bonchev–Trinajstić information content (AvgIpc) is 3.15. The Balaban J connectivity index is 2.14. The third kappa shape index (κ3) is 2.92. The van der Waals surface area contributed by atoms with Gasteiger partial charge in [0.2, 0.25) is 0 Å². The van der Waals surface area contributed by atoms with E-state index in [-0.39, 0.29) is 12.0 Å². The Hall–Kier alpha value is -1.63. The van der Waals surface area contributed by atoms with Gasteiger partial charge in [-0.15, -0.1) is 0 Å². The first-order valence-corrected chi connectivity index (χ1v) is 6.13. The van der Waals surface area contributed by atoms with Gasteiger partial charge in [-0.05, 0) is 31.5 Å². The van der Waals surface area contributed by atoms with Crippen LogP contribution in [0.4, 0.5) is 17.6 Å². The van der Waals surface area contributed by atoms with Crippen LogP contribution in [0.2, 0.25) is 0 Å². The molecule has 0 atom stereocenters. The quantitative estimate of drug-likeness (QED) is 0.836. The highest BCUT2D eigenvalue weighted by atomic mass is 19.4. The maximum atomic E-state index is 13.7. The van der Waals surface area contributed by atoms with Gasteiger partial charge in [0, 0.05) is 12.0 Å². The minimum Gasteiger partial charge on any atom is -0.351 e. The lowest BCUT2D eigenvalue weighted by molar-refractivity contribution is -0.140. The fraction of sp³-hybridized carbons (Fsp3) is 0.462. The van der Waals surface area contributed by atoms with Gasteiger partial charge in [0.05, 0.1) is 11.1 Å². The van der Waals surface area contributed by atoms with Crippen molar-refractivity contribution in [3.8, 4) is 0 Å². The summed E-state index contributed by atoms with van der Waals surface area (Å²) >= 11 is 0. The third-order valence-corrected chi connectivity index (χ3v) is 3.56. The number of benzene rings is 1. The van der Waals surface area contributed by atoms with Gasteiger partial charge in [0.25, 0.3) is 5.91 Å². The molecule has 0 heterocycles. The second-order valence-electron chi connectivity index (χ2n) is 5.05. The summed E-state index contributed by atoms with van der Waals surface area (Å²) in [7, 11) is 0. The monoisotopic (exact) mass is 290 g/mol. The van der Waals surface area contributed by atoms with Gasteiger partial charge < -0.3 is 11.1 Å². The number of nitrogens with two attached hydrogens (primary N) is 1. The second-order valence-corrected chi connectivity index (χ2v) is 5.05. The van der Waals surface area contributed by atoms with Crippen molar-refractivity contribution in [3.63, 3.8) is 0 Å². The van der Waals surface area contributed by atoms with E-state index in [0.29, 0.717) is 12.6 Å². The van der Waals surface area contributed by atoms with E-state index in [2.05, 4.69) is 5.32 Å². The van der Waals surface area contributed by atoms with Gasteiger partial charge in [-0.3, -0.25) is 4.79 Å². The van der Waals surface area contributed by atoms with Crippen LogP contribution < -0.4 is 11.1 Å². The van der Waals surface area contributed by atoms with Crippen molar-refractivity contribution in [3.05, 3.63) is 35.1 Å². The summed E-state index contributed by atoms with van der Waals surface area (Å²) in [6.45, 7) is 0.635. The Kier molecular flexibility index (Phi) is 3.73. The largest absolute Gasteiger partial charge is 0.419 e. The number of alkyl halides is 3. The van der Waals surface area contributed by atoms with Crippen molar-refractivity contribution < 1.29 is 22.4 Å². The molecule has 0 unspecified atom stereocenters. The molecule has 20 heavy (non-hydrogen) atoms. The molecule has 0 aliphatic heterocycles. The maximum Gasteiger partial charge on any atom is 0.419 e. The van der Waals surface area contributed by atoms with Crippen LogP contribution in [0.5, 0.6) is 0 Å². The molecule has 1 aliphatic carbocycles. The number of rotatable bonds is 4. The Bertz CT molecular complexity index is 524. The standard InChI is InChI=1S/C13H14F4N2O/c14-10-8(2-1-3-9(10)13(15,16)17)11(20)19-7-12(6-18)4-5-12/h1-3H,4-7,18H2,(H,19,20). The first-order chi connectivity index (χ1) is 9.29. The molecule has 1 saturated carbocycles. The van der Waals surface area contributed by atoms with E-state index in [1.54, 1.807) is 0 Å². The molecule has 1 aromatic rings. The number of carbonyl (C=O) groups excluding carboxylic acids is 1. The van der Waals surface area contributed by atoms with Crippen LogP contribution in [-0.4, -0.2) is 19.0 Å². The van der Waals surface area contributed by atoms with E-state index < -0.39 is 29.0 Å². The second kappa shape index (κ2) is 5.05. The topological polar surface area (TPSA) is 55.1 Å². The molecule has 0 aromatic heterocycles. The Morgan fingerprint density at radius 3 is 2.50 bits per heavy atom. The highest BCUT2D eigenvalue weighted by Gasteiger charge is 2.41. The summed E-state index contributed by atoms with van der Waals surface area (Å²) < 4.78 is 51.4. The van der Waals surface area contributed by atoms with Crippen molar-refractivity contribution in [2.24, 2.45) is 11.1 Å². The summed E-state index contributed by atoms with van der Waals surface area (Å²) in [6, 6.07) is 2.65. The minimum absolute atomic E-state index is 0.173. The van der Waals surface area contributed by atoms with Crippen LogP contribution in [-0.2, 0) is 6.18 Å². The predicted molar refractivity (Wildman–Crippen MR) is 64.5 cm³/mol. The molecule has 7 heteroatoms. The molecule has 0 bridgehead atoms. The lowest BCUT2D eigenvalue weighted by atomic mass is 10.1. The summed E-state index contributed by atoms with van der Waals surface area (Å²) in [5.74, 6) is -2.40. The predicted octanol–water partition coefficient (Wildman–Crippen LogP) is 2.31. The highest BCUT2D eigenvalue weighted by molar-refractivity contribution is 5.94. The SMILES string of the molecule is NCC1(CNC(=O)c2cccc(C(F)(F)F)c2F)CC1. The van der Waals surface area contributed by atoms with E-state index in [1.165, 1.54) is 0 Å². The Morgan fingerprint density at radius 2 is 2.00 bits per heavy atom. The highest BCUT2D eigenvalue weighted by Crippen LogP contribution is 2.43. The molecular formula is C13H14F4N2O. The van der Waals surface area contributed by atoms with Crippen molar-refractivity contribution in [1.82, 2.24) is 5.32 Å². The summed E-state index contributed by atoms with van der Waals surface area (Å²) in [5.41, 5.74) is 3.31. The minimum atomic E-state index is -4.82. The van der Waals surface area contributed by atoms with Gasteiger partial charge in [-0.2, -0.15) is 13.2 Å². The van der Waals surface area contributed by atoms with Gasteiger partial charge in [0.15, 0.2) is 0 Å². The fourth-order valence-corrected chi connectivity index (χ4v) is 1.92. The Morgan fingerprint density at radius 1 is 1.35 bits per heavy atom. The number of hydrogen-bond donors (Lipinski definition) is 2. The van der Waals surface area contributed by atoms with E-state index >= 15 is 0 Å². The molecule has 1 fully saturated rings. The van der Waals surface area contributed by atoms with Crippen LogP contribution in [0.3, 0.4) is 0 Å². The molecule has 0 saturated heterocycles. The van der Waals surface area contributed by atoms with Gasteiger partial charge in [-0.1, -0.05) is 6.07 Å². The summed E-state index contributed by atoms with van der Waals surface area (Å²) in [5, 5.41) is 2.45. The number of amides is 1. The normalized spacial score (nSPS) is 16.9. The lowest BCUT2D eigenvalue weighted by Crippen LogP contribution is -2.34. The van der Waals surface area contributed by atoms with E-state index in [0.717, 1.165) is 25.0 Å². The van der Waals surface area contributed by atoms with Gasteiger partial charge in [-0.25, -0.2) is 4.39 Å². The molecule has 2 rings (SSSR count). The zero-order valence-corrected chi connectivity index (χ0v) is 10.6. The number of nitrogens with one attached hydrogen (secondary N) is 1. The lowest BCUT2D eigenvalue weighted by Gasteiger charge is -2.15. The Labute approximate surface area is 113 Å². The molecular weight excluding hydrogens is 276 g/mol. The zero-order chi connectivity index (χ0) is 15.0. The van der Waals surface area contributed by atoms with Crippen molar-refractivity contribution in [1.29, 1.82) is 0 Å². The zero-order valence-electron chi connectivity index (χ0n) is 10.6. The number of hydrogen-bond acceptors (Lipinski definition) is 2. The number of halogens is 4. The van der Waals surface area contributed by atoms with Gasteiger partial charge >= 0.3 is 6.18 Å². The van der Waals surface area contributed by atoms with E-state index in [4.69, 9.17) is 5.73 Å². The molecule has 0 radical (unpaired) electrons. The van der Waals surface area contributed by atoms with Crippen molar-refractivity contribution in [2.45, 2.75) is 19.0 Å². The van der Waals surface area contributed by atoms with Crippen molar-refractivity contribution in [2.75, 3.05) is 13.1 Å².